The zero-order chi connectivity index (χ0) is 20.5. The largest absolute Gasteiger partial charge is 0.379 e. The first kappa shape index (κ1) is 20.0. The van der Waals surface area contributed by atoms with Crippen LogP contribution in [0.25, 0.3) is 0 Å². The average molecular weight is 397 g/mol. The number of nitrogens with one attached hydrogen (secondary N) is 1. The monoisotopic (exact) mass is 396 g/mol. The van der Waals surface area contributed by atoms with Crippen LogP contribution in [0.1, 0.15) is 51.2 Å². The fourth-order valence-corrected chi connectivity index (χ4v) is 4.18. The Bertz CT molecular complexity index is 847. The second kappa shape index (κ2) is 7.82. The normalized spacial score (nSPS) is 18.9. The number of rotatable bonds is 3. The molecule has 1 spiro atoms. The number of urea groups is 1. The molecule has 2 aromatic rings. The lowest BCUT2D eigenvalue weighted by Crippen LogP contribution is -2.47. The summed E-state index contributed by atoms with van der Waals surface area (Å²) in [5.74, 6) is 0.725. The number of carbonyl (C=O) groups excluding carboxylic acids is 1. The first-order chi connectivity index (χ1) is 13.8. The number of hydrogen-bond acceptors (Lipinski definition) is 3. The minimum atomic E-state index is -0.0633. The van der Waals surface area contributed by atoms with Crippen LogP contribution in [0.3, 0.4) is 0 Å². The molecule has 2 heterocycles. The molecule has 4 rings (SSSR count). The van der Waals surface area contributed by atoms with Crippen molar-refractivity contribution in [1.82, 2.24) is 14.7 Å². The third-order valence-electron chi connectivity index (χ3n) is 6.25. The summed E-state index contributed by atoms with van der Waals surface area (Å²) in [5.41, 5.74) is 2.78. The molecular weight excluding hydrogens is 364 g/mol. The highest BCUT2D eigenvalue weighted by Gasteiger charge is 2.41. The summed E-state index contributed by atoms with van der Waals surface area (Å²) in [6.45, 7) is 10.1. The molecule has 156 valence electrons. The lowest BCUT2D eigenvalue weighted by Gasteiger charge is -2.42. The predicted octanol–water partition coefficient (Wildman–Crippen LogP) is 4.26. The second-order valence-corrected chi connectivity index (χ2v) is 9.58. The molecule has 0 radical (unpaired) electrons. The van der Waals surface area contributed by atoms with E-state index in [1.807, 2.05) is 15.6 Å². The number of nitrogens with zero attached hydrogens (tertiary/aromatic N) is 3. The maximum Gasteiger partial charge on any atom is 0.323 e. The summed E-state index contributed by atoms with van der Waals surface area (Å²) in [6.07, 6.45) is 5.27. The van der Waals surface area contributed by atoms with Gasteiger partial charge in [-0.3, -0.25) is 5.32 Å². The molecule has 2 aliphatic rings. The van der Waals surface area contributed by atoms with Gasteiger partial charge < -0.3 is 9.64 Å². The number of ether oxygens (including phenoxy) is 1. The Kier molecular flexibility index (Phi) is 5.38. The highest BCUT2D eigenvalue weighted by molar-refractivity contribution is 5.88. The quantitative estimate of drug-likeness (QED) is 0.843. The minimum absolute atomic E-state index is 0.0633. The third kappa shape index (κ3) is 4.47. The molecule has 6 heteroatoms. The summed E-state index contributed by atoms with van der Waals surface area (Å²) in [4.78, 5) is 14.8. The first-order valence-corrected chi connectivity index (χ1v) is 10.6. The zero-order valence-corrected chi connectivity index (χ0v) is 17.8. The third-order valence-corrected chi connectivity index (χ3v) is 6.25. The van der Waals surface area contributed by atoms with Crippen molar-refractivity contribution in [1.29, 1.82) is 0 Å². The summed E-state index contributed by atoms with van der Waals surface area (Å²) in [7, 11) is 0. The molecule has 2 fully saturated rings. The van der Waals surface area contributed by atoms with Crippen LogP contribution in [-0.4, -0.2) is 47.0 Å². The van der Waals surface area contributed by atoms with Crippen molar-refractivity contribution in [3.63, 3.8) is 0 Å². The smallest absolute Gasteiger partial charge is 0.323 e. The van der Waals surface area contributed by atoms with Crippen LogP contribution in [0.4, 0.5) is 10.6 Å². The van der Waals surface area contributed by atoms with Gasteiger partial charge in [0, 0.05) is 24.6 Å². The van der Waals surface area contributed by atoms with Crippen LogP contribution in [0.2, 0.25) is 0 Å². The number of carbonyl (C=O) groups is 1. The van der Waals surface area contributed by atoms with Gasteiger partial charge in [0.25, 0.3) is 0 Å². The van der Waals surface area contributed by atoms with Crippen molar-refractivity contribution < 1.29 is 9.53 Å². The average Bonchev–Trinajstić information content (AvgIpc) is 2.94. The maximum atomic E-state index is 12.9. The van der Waals surface area contributed by atoms with Crippen LogP contribution in [0, 0.1) is 5.41 Å². The Morgan fingerprint density at radius 3 is 2.62 bits per heavy atom. The lowest BCUT2D eigenvalue weighted by molar-refractivity contribution is 0.0130. The molecule has 1 saturated carbocycles. The van der Waals surface area contributed by atoms with Crippen LogP contribution in [0.5, 0.6) is 0 Å². The van der Waals surface area contributed by atoms with Crippen molar-refractivity contribution >= 4 is 11.8 Å². The molecule has 1 aliphatic carbocycles. The zero-order valence-electron chi connectivity index (χ0n) is 17.8. The van der Waals surface area contributed by atoms with Crippen molar-refractivity contribution in [3.05, 3.63) is 47.7 Å². The van der Waals surface area contributed by atoms with Gasteiger partial charge in [-0.05, 0) is 29.4 Å². The molecule has 1 aromatic carbocycles. The molecule has 1 aliphatic heterocycles. The SMILES string of the molecule is CC(C)(C)c1ccc(Cn2nccc2NC(=O)N2CCOCC3(CCC3)C2)cc1. The van der Waals surface area contributed by atoms with E-state index in [1.54, 1.807) is 6.20 Å². The standard InChI is InChI=1S/C23H32N4O2/c1-22(2,3)19-7-5-18(6-8-19)15-27-20(9-12-24-27)25-21(28)26-13-14-29-17-23(16-26)10-4-11-23/h5-9,12H,4,10-11,13-17H2,1-3H3,(H,25,28). The van der Waals surface area contributed by atoms with E-state index in [9.17, 15) is 4.79 Å². The van der Waals surface area contributed by atoms with Gasteiger partial charge in [0.05, 0.1) is 26.0 Å². The fraction of sp³-hybridized carbons (Fsp3) is 0.565. The summed E-state index contributed by atoms with van der Waals surface area (Å²) >= 11 is 0. The summed E-state index contributed by atoms with van der Waals surface area (Å²) < 4.78 is 7.61. The van der Waals surface area contributed by atoms with E-state index in [4.69, 9.17) is 4.74 Å². The van der Waals surface area contributed by atoms with Gasteiger partial charge in [0.15, 0.2) is 0 Å². The van der Waals surface area contributed by atoms with E-state index >= 15 is 0 Å². The van der Waals surface area contributed by atoms with E-state index < -0.39 is 0 Å². The topological polar surface area (TPSA) is 59.4 Å². The van der Waals surface area contributed by atoms with Crippen LogP contribution >= 0.6 is 0 Å². The van der Waals surface area contributed by atoms with Crippen LogP contribution in [0.15, 0.2) is 36.5 Å². The van der Waals surface area contributed by atoms with Gasteiger partial charge in [0.1, 0.15) is 5.82 Å². The van der Waals surface area contributed by atoms with Gasteiger partial charge >= 0.3 is 6.03 Å². The highest BCUT2D eigenvalue weighted by atomic mass is 16.5. The molecule has 2 amide bonds. The van der Waals surface area contributed by atoms with Crippen molar-refractivity contribution in [3.8, 4) is 0 Å². The van der Waals surface area contributed by atoms with E-state index in [-0.39, 0.29) is 16.9 Å². The number of anilines is 1. The number of amides is 2. The lowest BCUT2D eigenvalue weighted by atomic mass is 9.69. The Morgan fingerprint density at radius 2 is 1.97 bits per heavy atom. The molecular formula is C23H32N4O2. The molecule has 1 saturated heterocycles. The molecule has 6 nitrogen and oxygen atoms in total. The van der Waals surface area contributed by atoms with Gasteiger partial charge in [-0.15, -0.1) is 0 Å². The van der Waals surface area contributed by atoms with E-state index in [0.717, 1.165) is 37.4 Å². The van der Waals surface area contributed by atoms with E-state index in [0.29, 0.717) is 19.7 Å². The second-order valence-electron chi connectivity index (χ2n) is 9.58. The minimum Gasteiger partial charge on any atom is -0.379 e. The molecule has 0 atom stereocenters. The highest BCUT2D eigenvalue weighted by Crippen LogP contribution is 2.42. The Morgan fingerprint density at radius 1 is 1.21 bits per heavy atom. The molecule has 29 heavy (non-hydrogen) atoms. The van der Waals surface area contributed by atoms with Gasteiger partial charge in [-0.25, -0.2) is 9.48 Å². The Hall–Kier alpha value is -2.34. The van der Waals surface area contributed by atoms with E-state index in [2.05, 4.69) is 55.5 Å². The molecule has 1 aromatic heterocycles. The Labute approximate surface area is 173 Å². The van der Waals surface area contributed by atoms with Crippen LogP contribution < -0.4 is 5.32 Å². The predicted molar refractivity (Wildman–Crippen MR) is 114 cm³/mol. The number of benzene rings is 1. The van der Waals surface area contributed by atoms with Crippen molar-refractivity contribution in [2.45, 2.75) is 52.0 Å². The molecule has 1 N–H and O–H groups in total. The summed E-state index contributed by atoms with van der Waals surface area (Å²) in [6, 6.07) is 10.4. The summed E-state index contributed by atoms with van der Waals surface area (Å²) in [5, 5.41) is 7.48. The number of aromatic nitrogens is 2. The first-order valence-electron chi connectivity index (χ1n) is 10.6. The number of hydrogen-bond donors (Lipinski definition) is 1. The maximum absolute atomic E-state index is 12.9. The Balaban J connectivity index is 1.42. The van der Waals surface area contributed by atoms with E-state index in [1.165, 1.54) is 12.0 Å². The molecule has 0 unspecified atom stereocenters. The van der Waals surface area contributed by atoms with Gasteiger partial charge in [-0.1, -0.05) is 51.5 Å². The van der Waals surface area contributed by atoms with Gasteiger partial charge in [-0.2, -0.15) is 5.10 Å². The van der Waals surface area contributed by atoms with Crippen LogP contribution in [-0.2, 0) is 16.7 Å². The van der Waals surface area contributed by atoms with Crippen molar-refractivity contribution in [2.24, 2.45) is 5.41 Å². The molecule has 0 bridgehead atoms. The van der Waals surface area contributed by atoms with Gasteiger partial charge in [0.2, 0.25) is 0 Å². The fourth-order valence-electron chi connectivity index (χ4n) is 4.18. The van der Waals surface area contributed by atoms with Crippen molar-refractivity contribution in [2.75, 3.05) is 31.6 Å².